The number of piperidine rings is 2. The normalized spacial score (nSPS) is 19.7. The zero-order chi connectivity index (χ0) is 27.7. The fourth-order valence-corrected chi connectivity index (χ4v) is 5.67. The molecule has 0 aliphatic carbocycles. The molecule has 0 radical (unpaired) electrons. The average Bonchev–Trinajstić information content (AvgIpc) is 2.89. The number of hydrogen-bond donors (Lipinski definition) is 0. The van der Waals surface area contributed by atoms with Gasteiger partial charge in [-0.15, -0.1) is 0 Å². The standard InChI is InChI=1S/C27H32F5N5O2/c1-17(38)37-13-8-22-23(15-37)33-25(18-4-9-35(10-5-18)16-27(30,31)32)26(34-22)36-11-6-20(7-12-36)39-24-3-2-19(28)14-21(24)29/h2-3,14,18,20H,4-13,15-16H2,1H3. The topological polar surface area (TPSA) is 61.8 Å². The third kappa shape index (κ3) is 6.59. The molecule has 2 saturated heterocycles. The van der Waals surface area contributed by atoms with Crippen LogP contribution in [-0.4, -0.2) is 77.2 Å². The van der Waals surface area contributed by atoms with E-state index in [0.717, 1.165) is 35.0 Å². The van der Waals surface area contributed by atoms with E-state index in [2.05, 4.69) is 4.90 Å². The minimum atomic E-state index is -4.23. The van der Waals surface area contributed by atoms with Crippen molar-refractivity contribution in [2.24, 2.45) is 0 Å². The number of nitrogens with zero attached hydrogens (tertiary/aromatic N) is 5. The quantitative estimate of drug-likeness (QED) is 0.510. The SMILES string of the molecule is CC(=O)N1CCc2nc(N3CCC(Oc4ccc(F)cc4F)CC3)c(C3CCN(CC(F)(F)F)CC3)nc2C1. The first-order valence-corrected chi connectivity index (χ1v) is 13.4. The van der Waals surface area contributed by atoms with E-state index in [4.69, 9.17) is 14.7 Å². The number of halogens is 5. The zero-order valence-electron chi connectivity index (χ0n) is 21.8. The van der Waals surface area contributed by atoms with Gasteiger partial charge in [-0.1, -0.05) is 0 Å². The molecule has 5 rings (SSSR count). The van der Waals surface area contributed by atoms with Crippen molar-refractivity contribution < 1.29 is 31.5 Å². The Hall–Kier alpha value is -3.02. The number of ether oxygens (including phenoxy) is 1. The molecule has 3 aliphatic heterocycles. The summed E-state index contributed by atoms with van der Waals surface area (Å²) in [5.74, 6) is -0.721. The van der Waals surface area contributed by atoms with Crippen LogP contribution < -0.4 is 9.64 Å². The fraction of sp³-hybridized carbons (Fsp3) is 0.593. The lowest BCUT2D eigenvalue weighted by molar-refractivity contribution is -0.148. The van der Waals surface area contributed by atoms with Gasteiger partial charge in [0.2, 0.25) is 5.91 Å². The Labute approximate surface area is 223 Å². The number of hydrogen-bond acceptors (Lipinski definition) is 6. The Morgan fingerprint density at radius 1 is 1.00 bits per heavy atom. The number of fused-ring (bicyclic) bond motifs is 1. The molecule has 0 unspecified atom stereocenters. The number of likely N-dealkylation sites (tertiary alicyclic amines) is 1. The fourth-order valence-electron chi connectivity index (χ4n) is 5.67. The second kappa shape index (κ2) is 11.2. The molecule has 2 aromatic rings. The van der Waals surface area contributed by atoms with Crippen molar-refractivity contribution in [3.8, 4) is 5.75 Å². The first kappa shape index (κ1) is 27.5. The first-order valence-electron chi connectivity index (χ1n) is 13.4. The predicted octanol–water partition coefficient (Wildman–Crippen LogP) is 4.45. The molecular weight excluding hydrogens is 521 g/mol. The van der Waals surface area contributed by atoms with Crippen LogP contribution in [0.25, 0.3) is 0 Å². The van der Waals surface area contributed by atoms with Gasteiger partial charge >= 0.3 is 6.18 Å². The van der Waals surface area contributed by atoms with Crippen LogP contribution in [0.15, 0.2) is 18.2 Å². The molecule has 3 aliphatic rings. The second-order valence-corrected chi connectivity index (χ2v) is 10.6. The molecule has 1 aromatic carbocycles. The number of alkyl halides is 3. The molecule has 7 nitrogen and oxygen atoms in total. The predicted molar refractivity (Wildman–Crippen MR) is 134 cm³/mol. The van der Waals surface area contributed by atoms with Crippen molar-refractivity contribution in [3.63, 3.8) is 0 Å². The lowest BCUT2D eigenvalue weighted by Gasteiger charge is -2.38. The van der Waals surface area contributed by atoms with Gasteiger partial charge in [0.1, 0.15) is 11.9 Å². The minimum Gasteiger partial charge on any atom is -0.487 e. The summed E-state index contributed by atoms with van der Waals surface area (Å²) in [6.45, 7) is 3.34. The summed E-state index contributed by atoms with van der Waals surface area (Å²) < 4.78 is 71.9. The number of aromatic nitrogens is 2. The summed E-state index contributed by atoms with van der Waals surface area (Å²) in [4.78, 5) is 27.3. The van der Waals surface area contributed by atoms with E-state index in [1.807, 2.05) is 0 Å². The Morgan fingerprint density at radius 2 is 1.72 bits per heavy atom. The largest absolute Gasteiger partial charge is 0.487 e. The van der Waals surface area contributed by atoms with E-state index in [9.17, 15) is 26.7 Å². The van der Waals surface area contributed by atoms with Crippen LogP contribution in [0, 0.1) is 11.6 Å². The van der Waals surface area contributed by atoms with Crippen LogP contribution >= 0.6 is 0 Å². The molecule has 0 atom stereocenters. The highest BCUT2D eigenvalue weighted by Crippen LogP contribution is 2.36. The summed E-state index contributed by atoms with van der Waals surface area (Å²) >= 11 is 0. The maximum Gasteiger partial charge on any atom is 0.401 e. The first-order chi connectivity index (χ1) is 18.6. The summed E-state index contributed by atoms with van der Waals surface area (Å²) in [5.41, 5.74) is 2.36. The monoisotopic (exact) mass is 553 g/mol. The van der Waals surface area contributed by atoms with Gasteiger partial charge in [-0.25, -0.2) is 18.7 Å². The van der Waals surface area contributed by atoms with Crippen molar-refractivity contribution in [1.29, 1.82) is 0 Å². The lowest BCUT2D eigenvalue weighted by Crippen LogP contribution is -2.42. The Kier molecular flexibility index (Phi) is 7.93. The number of rotatable bonds is 5. The lowest BCUT2D eigenvalue weighted by atomic mass is 9.92. The Morgan fingerprint density at radius 3 is 2.36 bits per heavy atom. The van der Waals surface area contributed by atoms with Crippen LogP contribution in [0.4, 0.5) is 27.8 Å². The van der Waals surface area contributed by atoms with E-state index in [1.54, 1.807) is 4.90 Å². The molecule has 4 heterocycles. The maximum atomic E-state index is 14.1. The van der Waals surface area contributed by atoms with Gasteiger partial charge in [0.05, 0.1) is 30.2 Å². The average molecular weight is 554 g/mol. The molecule has 0 spiro atoms. The number of anilines is 1. The molecule has 2 fully saturated rings. The molecule has 212 valence electrons. The number of amides is 1. The van der Waals surface area contributed by atoms with Gasteiger partial charge < -0.3 is 14.5 Å². The molecule has 0 N–H and O–H groups in total. The van der Waals surface area contributed by atoms with Crippen LogP contribution in [0.2, 0.25) is 0 Å². The van der Waals surface area contributed by atoms with Crippen LogP contribution in [0.3, 0.4) is 0 Å². The van der Waals surface area contributed by atoms with Gasteiger partial charge in [0, 0.05) is 57.8 Å². The zero-order valence-corrected chi connectivity index (χ0v) is 21.8. The van der Waals surface area contributed by atoms with E-state index < -0.39 is 24.4 Å². The number of carbonyl (C=O) groups excluding carboxylic acids is 1. The van der Waals surface area contributed by atoms with Gasteiger partial charge in [0.15, 0.2) is 17.4 Å². The van der Waals surface area contributed by atoms with Gasteiger partial charge in [-0.05, 0) is 38.1 Å². The van der Waals surface area contributed by atoms with Gasteiger partial charge in [0.25, 0.3) is 0 Å². The van der Waals surface area contributed by atoms with E-state index >= 15 is 0 Å². The number of carbonyl (C=O) groups is 1. The molecule has 0 saturated carbocycles. The van der Waals surface area contributed by atoms with Crippen molar-refractivity contribution in [2.75, 3.05) is 44.2 Å². The smallest absolute Gasteiger partial charge is 0.401 e. The van der Waals surface area contributed by atoms with E-state index in [0.29, 0.717) is 71.4 Å². The van der Waals surface area contributed by atoms with Crippen LogP contribution in [0.5, 0.6) is 5.75 Å². The molecular formula is C27H32F5N5O2. The highest BCUT2D eigenvalue weighted by Gasteiger charge is 2.35. The van der Waals surface area contributed by atoms with E-state index in [-0.39, 0.29) is 23.7 Å². The second-order valence-electron chi connectivity index (χ2n) is 10.6. The molecule has 1 amide bonds. The highest BCUT2D eigenvalue weighted by molar-refractivity contribution is 5.73. The summed E-state index contributed by atoms with van der Waals surface area (Å²) in [6.07, 6.45) is -1.63. The van der Waals surface area contributed by atoms with Crippen LogP contribution in [0.1, 0.15) is 55.6 Å². The third-order valence-electron chi connectivity index (χ3n) is 7.77. The van der Waals surface area contributed by atoms with Crippen LogP contribution in [-0.2, 0) is 17.8 Å². The van der Waals surface area contributed by atoms with Crippen molar-refractivity contribution >= 4 is 11.7 Å². The minimum absolute atomic E-state index is 0.0183. The Bertz CT molecular complexity index is 1190. The van der Waals surface area contributed by atoms with Gasteiger partial charge in [-0.3, -0.25) is 9.69 Å². The maximum absolute atomic E-state index is 14.1. The molecule has 0 bridgehead atoms. The summed E-state index contributed by atoms with van der Waals surface area (Å²) in [7, 11) is 0. The number of benzene rings is 1. The highest BCUT2D eigenvalue weighted by atomic mass is 19.4. The van der Waals surface area contributed by atoms with E-state index in [1.165, 1.54) is 17.9 Å². The Balaban J connectivity index is 1.33. The van der Waals surface area contributed by atoms with Crippen molar-refractivity contribution in [2.45, 2.75) is 63.8 Å². The van der Waals surface area contributed by atoms with Gasteiger partial charge in [-0.2, -0.15) is 13.2 Å². The summed E-state index contributed by atoms with van der Waals surface area (Å²) in [5, 5.41) is 0. The van der Waals surface area contributed by atoms with Crippen molar-refractivity contribution in [3.05, 3.63) is 46.9 Å². The molecule has 12 heteroatoms. The summed E-state index contributed by atoms with van der Waals surface area (Å²) in [6, 6.07) is 3.25. The third-order valence-corrected chi connectivity index (χ3v) is 7.77. The molecule has 1 aromatic heterocycles. The van der Waals surface area contributed by atoms with Crippen molar-refractivity contribution in [1.82, 2.24) is 19.8 Å². The molecule has 39 heavy (non-hydrogen) atoms.